The molecule has 0 atom stereocenters. The Morgan fingerprint density at radius 3 is 2.86 bits per heavy atom. The number of nitrogens with one attached hydrogen (secondary N) is 1. The average Bonchev–Trinajstić information content (AvgIpc) is 2.86. The van der Waals surface area contributed by atoms with Crippen LogP contribution in [0.4, 0.5) is 0 Å². The molecule has 1 aromatic heterocycles. The molecular weight excluding hydrogens is 268 g/mol. The first-order valence-corrected chi connectivity index (χ1v) is 7.27. The number of nitrogens with zero attached hydrogens (tertiary/aromatic N) is 2. The minimum Gasteiger partial charge on any atom is -0.420 e. The van der Waals surface area contributed by atoms with Gasteiger partial charge in [-0.1, -0.05) is 6.92 Å². The molecule has 1 aromatic rings. The van der Waals surface area contributed by atoms with Gasteiger partial charge >= 0.3 is 0 Å². The number of aromatic amines is 1. The van der Waals surface area contributed by atoms with E-state index in [1.807, 2.05) is 0 Å². The Hall–Kier alpha value is -2.00. The van der Waals surface area contributed by atoms with Crippen molar-refractivity contribution >= 4 is 0 Å². The van der Waals surface area contributed by atoms with Crippen molar-refractivity contribution in [3.8, 4) is 11.9 Å². The van der Waals surface area contributed by atoms with Crippen molar-refractivity contribution < 1.29 is 9.47 Å². The van der Waals surface area contributed by atoms with Crippen LogP contribution in [0.5, 0.6) is 5.88 Å². The molecule has 0 saturated heterocycles. The van der Waals surface area contributed by atoms with Crippen molar-refractivity contribution in [3.05, 3.63) is 22.7 Å². The minimum absolute atomic E-state index is 0.190. The van der Waals surface area contributed by atoms with Crippen molar-refractivity contribution in [2.24, 2.45) is 11.7 Å². The maximum Gasteiger partial charge on any atom is 0.244 e. The van der Waals surface area contributed by atoms with Gasteiger partial charge in [-0.3, -0.25) is 5.10 Å². The highest BCUT2D eigenvalue weighted by atomic mass is 16.5. The van der Waals surface area contributed by atoms with E-state index in [1.165, 1.54) is 0 Å². The van der Waals surface area contributed by atoms with E-state index < -0.39 is 0 Å². The van der Waals surface area contributed by atoms with Crippen LogP contribution in [0.3, 0.4) is 0 Å². The summed E-state index contributed by atoms with van der Waals surface area (Å²) in [6, 6.07) is 2.28. The van der Waals surface area contributed by atoms with Crippen LogP contribution >= 0.6 is 0 Å². The van der Waals surface area contributed by atoms with Gasteiger partial charge in [0.15, 0.2) is 0 Å². The highest BCUT2D eigenvalue weighted by Crippen LogP contribution is 2.52. The number of H-pyrrole nitrogens is 1. The second-order valence-corrected chi connectivity index (χ2v) is 6.03. The van der Waals surface area contributed by atoms with Crippen LogP contribution in [0.2, 0.25) is 0 Å². The third-order valence-corrected chi connectivity index (χ3v) is 4.75. The lowest BCUT2D eigenvalue weighted by Crippen LogP contribution is -2.39. The molecule has 0 aromatic carbocycles. The molecule has 112 valence electrons. The van der Waals surface area contributed by atoms with Crippen molar-refractivity contribution in [1.82, 2.24) is 10.2 Å². The molecule has 6 heteroatoms. The Bertz CT molecular complexity index is 618. The molecule has 1 aliphatic heterocycles. The first kappa shape index (κ1) is 14.0. The number of rotatable bonds is 2. The van der Waals surface area contributed by atoms with Crippen LogP contribution in [0.1, 0.15) is 43.9 Å². The molecule has 1 aliphatic carbocycles. The molecule has 3 rings (SSSR count). The lowest BCUT2D eigenvalue weighted by atomic mass is 9.62. The molecule has 3 N–H and O–H groups in total. The number of methoxy groups -OCH3 is 1. The standard InChI is InChI=1S/C15H20N4O2/c1-9-3-5-15(6-4-9)10(7-16)13(17)21-14-12(15)11(8-20-2)18-19-14/h9H,3-6,8,17H2,1-2H3,(H,18,19). The van der Waals surface area contributed by atoms with Crippen LogP contribution in [0.15, 0.2) is 11.5 Å². The van der Waals surface area contributed by atoms with Gasteiger partial charge in [0, 0.05) is 12.5 Å². The fourth-order valence-electron chi connectivity index (χ4n) is 3.61. The minimum atomic E-state index is -0.375. The number of nitrogens with two attached hydrogens (primary N) is 1. The fourth-order valence-corrected chi connectivity index (χ4v) is 3.61. The fraction of sp³-hybridized carbons (Fsp3) is 0.600. The van der Waals surface area contributed by atoms with Crippen LogP contribution in [0.25, 0.3) is 0 Å². The third kappa shape index (κ3) is 2.00. The molecule has 0 amide bonds. The molecule has 21 heavy (non-hydrogen) atoms. The molecule has 1 spiro atoms. The van der Waals surface area contributed by atoms with E-state index in [-0.39, 0.29) is 11.3 Å². The second-order valence-electron chi connectivity index (χ2n) is 6.03. The van der Waals surface area contributed by atoms with Crippen molar-refractivity contribution in [1.29, 1.82) is 5.26 Å². The van der Waals surface area contributed by atoms with E-state index in [2.05, 4.69) is 23.2 Å². The van der Waals surface area contributed by atoms with Crippen molar-refractivity contribution in [3.63, 3.8) is 0 Å². The molecule has 0 radical (unpaired) electrons. The first-order chi connectivity index (χ1) is 10.1. The summed E-state index contributed by atoms with van der Waals surface area (Å²) in [7, 11) is 1.64. The molecule has 2 heterocycles. The second kappa shape index (κ2) is 5.08. The van der Waals surface area contributed by atoms with Gasteiger partial charge in [0.05, 0.1) is 17.9 Å². The van der Waals surface area contributed by atoms with Gasteiger partial charge in [0.1, 0.15) is 11.6 Å². The highest BCUT2D eigenvalue weighted by Gasteiger charge is 2.48. The summed E-state index contributed by atoms with van der Waals surface area (Å²) in [6.07, 6.45) is 3.92. The zero-order chi connectivity index (χ0) is 15.0. The third-order valence-electron chi connectivity index (χ3n) is 4.75. The van der Waals surface area contributed by atoms with E-state index in [0.717, 1.165) is 36.9 Å². The summed E-state index contributed by atoms with van der Waals surface area (Å²) >= 11 is 0. The monoisotopic (exact) mass is 288 g/mol. The van der Waals surface area contributed by atoms with E-state index >= 15 is 0 Å². The van der Waals surface area contributed by atoms with Crippen LogP contribution in [0, 0.1) is 17.2 Å². The number of allylic oxidation sites excluding steroid dienone is 1. The predicted molar refractivity (Wildman–Crippen MR) is 76.1 cm³/mol. The Morgan fingerprint density at radius 2 is 2.24 bits per heavy atom. The summed E-state index contributed by atoms with van der Waals surface area (Å²) in [5, 5.41) is 16.8. The van der Waals surface area contributed by atoms with Gasteiger partial charge < -0.3 is 15.2 Å². The summed E-state index contributed by atoms with van der Waals surface area (Å²) in [5.74, 6) is 1.35. The molecule has 0 bridgehead atoms. The van der Waals surface area contributed by atoms with Crippen molar-refractivity contribution in [2.45, 2.75) is 44.6 Å². The van der Waals surface area contributed by atoms with Crippen LogP contribution < -0.4 is 10.5 Å². The predicted octanol–water partition coefficient (Wildman–Crippen LogP) is 2.09. The number of aromatic nitrogens is 2. The zero-order valence-corrected chi connectivity index (χ0v) is 12.4. The SMILES string of the molecule is COCc1[nH]nc2c1C1(CCC(C)CC1)C(C#N)=C(N)O2. The topological polar surface area (TPSA) is 97.0 Å². The van der Waals surface area contributed by atoms with Crippen molar-refractivity contribution in [2.75, 3.05) is 7.11 Å². The molecule has 2 aliphatic rings. The average molecular weight is 288 g/mol. The number of hydrogen-bond donors (Lipinski definition) is 2. The summed E-state index contributed by atoms with van der Waals surface area (Å²) < 4.78 is 10.8. The van der Waals surface area contributed by atoms with Gasteiger partial charge in [-0.05, 0) is 31.6 Å². The summed E-state index contributed by atoms with van der Waals surface area (Å²) in [6.45, 7) is 2.67. The van der Waals surface area contributed by atoms with Gasteiger partial charge in [-0.15, -0.1) is 5.10 Å². The van der Waals surface area contributed by atoms with Crippen LogP contribution in [-0.2, 0) is 16.8 Å². The Morgan fingerprint density at radius 1 is 1.52 bits per heavy atom. The Kier molecular flexibility index (Phi) is 3.38. The van der Waals surface area contributed by atoms with E-state index in [0.29, 0.717) is 24.0 Å². The molecule has 1 saturated carbocycles. The quantitative estimate of drug-likeness (QED) is 0.868. The van der Waals surface area contributed by atoms with Crippen LogP contribution in [-0.4, -0.2) is 17.3 Å². The largest absolute Gasteiger partial charge is 0.420 e. The van der Waals surface area contributed by atoms with E-state index in [1.54, 1.807) is 7.11 Å². The number of ether oxygens (including phenoxy) is 2. The highest BCUT2D eigenvalue weighted by molar-refractivity contribution is 5.54. The Balaban J connectivity index is 2.15. The normalized spacial score (nSPS) is 28.1. The van der Waals surface area contributed by atoms with E-state index in [4.69, 9.17) is 15.2 Å². The van der Waals surface area contributed by atoms with Gasteiger partial charge in [0.2, 0.25) is 11.8 Å². The Labute approximate surface area is 123 Å². The maximum atomic E-state index is 9.60. The zero-order valence-electron chi connectivity index (χ0n) is 12.4. The number of nitriles is 1. The summed E-state index contributed by atoms with van der Waals surface area (Å²) in [4.78, 5) is 0. The molecule has 1 fully saturated rings. The molecular formula is C15H20N4O2. The van der Waals surface area contributed by atoms with Gasteiger partial charge in [-0.25, -0.2) is 0 Å². The van der Waals surface area contributed by atoms with Gasteiger partial charge in [0.25, 0.3) is 0 Å². The summed E-state index contributed by atoms with van der Waals surface area (Å²) in [5.41, 5.74) is 7.98. The number of hydrogen-bond acceptors (Lipinski definition) is 5. The lowest BCUT2D eigenvalue weighted by Gasteiger charge is -2.41. The smallest absolute Gasteiger partial charge is 0.244 e. The maximum absolute atomic E-state index is 9.60. The molecule has 6 nitrogen and oxygen atoms in total. The van der Waals surface area contributed by atoms with E-state index in [9.17, 15) is 5.26 Å². The lowest BCUT2D eigenvalue weighted by molar-refractivity contribution is 0.176. The first-order valence-electron chi connectivity index (χ1n) is 7.27. The molecule has 0 unspecified atom stereocenters. The van der Waals surface area contributed by atoms with Gasteiger partial charge in [-0.2, -0.15) is 5.26 Å². The number of fused-ring (bicyclic) bond motifs is 2.